The lowest BCUT2D eigenvalue weighted by Gasteiger charge is -2.32. The van der Waals surface area contributed by atoms with Crippen molar-refractivity contribution < 1.29 is 9.18 Å². The summed E-state index contributed by atoms with van der Waals surface area (Å²) in [4.78, 5) is 19.5. The number of rotatable bonds is 2. The monoisotopic (exact) mass is 289 g/mol. The highest BCUT2D eigenvalue weighted by atomic mass is 19.1. The number of benzene rings is 1. The Bertz CT molecular complexity index is 675. The molecule has 1 aromatic carbocycles. The number of aromatic amines is 1. The predicted octanol–water partition coefficient (Wildman–Crippen LogP) is 3.13. The molecule has 1 N–H and O–H groups in total. The van der Waals surface area contributed by atoms with Crippen molar-refractivity contribution in [3.63, 3.8) is 0 Å². The highest BCUT2D eigenvalue weighted by Gasteiger charge is 2.26. The minimum absolute atomic E-state index is 0.0661. The first kappa shape index (κ1) is 13.9. The second-order valence-corrected chi connectivity index (χ2v) is 5.40. The van der Waals surface area contributed by atoms with Gasteiger partial charge in [0.2, 0.25) is 0 Å². The Balaban J connectivity index is 1.92. The second kappa shape index (κ2) is 5.39. The maximum atomic E-state index is 13.5. The number of nitrogens with zero attached hydrogens (tertiary/aromatic N) is 2. The van der Waals surface area contributed by atoms with Crippen LogP contribution in [0.1, 0.15) is 25.1 Å². The van der Waals surface area contributed by atoms with Gasteiger partial charge in [-0.15, -0.1) is 0 Å². The topological polar surface area (TPSA) is 39.3 Å². The van der Waals surface area contributed by atoms with Crippen LogP contribution >= 0.6 is 0 Å². The number of hydrogen-bond donors (Lipinski definition) is 1. The van der Waals surface area contributed by atoms with Gasteiger partial charge in [0.1, 0.15) is 5.82 Å². The molecule has 0 fully saturated rings. The Kier molecular flexibility index (Phi) is 3.57. The Morgan fingerprint density at radius 1 is 1.38 bits per heavy atom. The molecule has 0 aliphatic carbocycles. The number of nitrogens with one attached hydrogen (secondary N) is 1. The van der Waals surface area contributed by atoms with Crippen LogP contribution in [0.3, 0.4) is 0 Å². The fourth-order valence-corrected chi connectivity index (χ4v) is 3.04. The van der Waals surface area contributed by atoms with E-state index in [1.54, 1.807) is 12.1 Å². The van der Waals surface area contributed by atoms with Gasteiger partial charge in [-0.05, 0) is 32.0 Å². The molecule has 4 nitrogen and oxygen atoms in total. The lowest BCUT2D eigenvalue weighted by atomic mass is 10.0. The van der Waals surface area contributed by atoms with E-state index < -0.39 is 0 Å². The molecule has 0 unspecified atom stereocenters. The van der Waals surface area contributed by atoms with E-state index >= 15 is 0 Å². The van der Waals surface area contributed by atoms with Crippen LogP contribution in [-0.4, -0.2) is 40.4 Å². The molecular formula is C16H20FN3O. The van der Waals surface area contributed by atoms with E-state index in [1.165, 1.54) is 6.07 Å². The van der Waals surface area contributed by atoms with E-state index in [2.05, 4.69) is 4.98 Å². The van der Waals surface area contributed by atoms with Crippen molar-refractivity contribution in [2.24, 2.45) is 0 Å². The van der Waals surface area contributed by atoms with Crippen LogP contribution in [0.2, 0.25) is 0 Å². The third-order valence-electron chi connectivity index (χ3n) is 4.24. The van der Waals surface area contributed by atoms with Crippen molar-refractivity contribution in [1.29, 1.82) is 0 Å². The highest BCUT2D eigenvalue weighted by molar-refractivity contribution is 5.86. The van der Waals surface area contributed by atoms with Crippen LogP contribution in [0, 0.1) is 5.82 Å². The normalized spacial score (nSPS) is 14.3. The van der Waals surface area contributed by atoms with E-state index in [4.69, 9.17) is 0 Å². The summed E-state index contributed by atoms with van der Waals surface area (Å²) in [6.07, 6.45) is 0.790. The summed E-state index contributed by atoms with van der Waals surface area (Å²) in [6.45, 7) is 6.64. The van der Waals surface area contributed by atoms with Crippen LogP contribution in [-0.2, 0) is 13.0 Å². The van der Waals surface area contributed by atoms with E-state index in [-0.39, 0.29) is 11.8 Å². The molecule has 112 valence electrons. The van der Waals surface area contributed by atoms with Crippen LogP contribution < -0.4 is 0 Å². The smallest absolute Gasteiger partial charge is 0.320 e. The number of urea groups is 1. The van der Waals surface area contributed by atoms with Crippen molar-refractivity contribution in [3.05, 3.63) is 35.3 Å². The summed E-state index contributed by atoms with van der Waals surface area (Å²) in [5.74, 6) is -0.239. The summed E-state index contributed by atoms with van der Waals surface area (Å²) in [5.41, 5.74) is 3.12. The number of H-pyrrole nitrogens is 1. The third kappa shape index (κ3) is 2.37. The first-order valence-corrected chi connectivity index (χ1v) is 7.46. The quantitative estimate of drug-likeness (QED) is 0.906. The van der Waals surface area contributed by atoms with Crippen LogP contribution in [0.15, 0.2) is 18.2 Å². The first-order valence-electron chi connectivity index (χ1n) is 7.46. The Morgan fingerprint density at radius 2 is 2.14 bits per heavy atom. The summed E-state index contributed by atoms with van der Waals surface area (Å²) < 4.78 is 13.5. The van der Waals surface area contributed by atoms with E-state index in [0.29, 0.717) is 26.2 Å². The van der Waals surface area contributed by atoms with Crippen molar-refractivity contribution in [1.82, 2.24) is 14.8 Å². The van der Waals surface area contributed by atoms with E-state index in [0.717, 1.165) is 28.6 Å². The first-order chi connectivity index (χ1) is 10.1. The Hall–Kier alpha value is -2.04. The van der Waals surface area contributed by atoms with Gasteiger partial charge in [-0.2, -0.15) is 0 Å². The molecule has 1 aromatic heterocycles. The molecule has 0 bridgehead atoms. The molecule has 0 spiro atoms. The molecule has 2 aromatic rings. The molecule has 2 heterocycles. The zero-order valence-corrected chi connectivity index (χ0v) is 12.4. The minimum atomic E-state index is -0.239. The van der Waals surface area contributed by atoms with Gasteiger partial charge in [0.25, 0.3) is 0 Å². The molecule has 3 rings (SSSR count). The fraction of sp³-hybridized carbons (Fsp3) is 0.438. The zero-order chi connectivity index (χ0) is 15.0. The maximum absolute atomic E-state index is 13.5. The zero-order valence-electron chi connectivity index (χ0n) is 12.4. The molecule has 0 saturated carbocycles. The predicted molar refractivity (Wildman–Crippen MR) is 80.7 cm³/mol. The number of carbonyl (C=O) groups excluding carboxylic acids is 1. The second-order valence-electron chi connectivity index (χ2n) is 5.40. The number of hydrogen-bond acceptors (Lipinski definition) is 1. The molecule has 0 saturated heterocycles. The van der Waals surface area contributed by atoms with Crippen molar-refractivity contribution in [2.75, 3.05) is 19.6 Å². The van der Waals surface area contributed by atoms with Gasteiger partial charge in [0.05, 0.1) is 0 Å². The number of aromatic nitrogens is 1. The van der Waals surface area contributed by atoms with Crippen molar-refractivity contribution >= 4 is 16.9 Å². The van der Waals surface area contributed by atoms with Gasteiger partial charge < -0.3 is 14.8 Å². The van der Waals surface area contributed by atoms with Crippen LogP contribution in [0.5, 0.6) is 0 Å². The number of halogens is 1. The van der Waals surface area contributed by atoms with Crippen molar-refractivity contribution in [2.45, 2.75) is 26.8 Å². The highest BCUT2D eigenvalue weighted by Crippen LogP contribution is 2.28. The summed E-state index contributed by atoms with van der Waals surface area (Å²) in [7, 11) is 0. The van der Waals surface area contributed by atoms with E-state index in [1.807, 2.05) is 23.6 Å². The lowest BCUT2D eigenvalue weighted by Crippen LogP contribution is -2.45. The largest absolute Gasteiger partial charge is 0.358 e. The average molecular weight is 289 g/mol. The summed E-state index contributed by atoms with van der Waals surface area (Å²) >= 11 is 0. The molecule has 21 heavy (non-hydrogen) atoms. The molecule has 0 radical (unpaired) electrons. The van der Waals surface area contributed by atoms with Gasteiger partial charge in [0.15, 0.2) is 0 Å². The number of fused-ring (bicyclic) bond motifs is 3. The molecular weight excluding hydrogens is 269 g/mol. The lowest BCUT2D eigenvalue weighted by molar-refractivity contribution is 0.152. The van der Waals surface area contributed by atoms with Crippen LogP contribution in [0.4, 0.5) is 9.18 Å². The molecule has 1 aliphatic rings. The van der Waals surface area contributed by atoms with Crippen molar-refractivity contribution in [3.8, 4) is 0 Å². The Labute approximate surface area is 123 Å². The molecule has 2 amide bonds. The van der Waals surface area contributed by atoms with Gasteiger partial charge in [-0.25, -0.2) is 9.18 Å². The summed E-state index contributed by atoms with van der Waals surface area (Å²) in [5, 5.41) is 0.891. The fourth-order valence-electron chi connectivity index (χ4n) is 3.04. The molecule has 1 aliphatic heterocycles. The van der Waals surface area contributed by atoms with Gasteiger partial charge >= 0.3 is 6.03 Å². The average Bonchev–Trinajstić information content (AvgIpc) is 2.85. The van der Waals surface area contributed by atoms with Gasteiger partial charge in [-0.3, -0.25) is 0 Å². The number of carbonyl (C=O) groups is 1. The standard InChI is InChI=1S/C16H20FN3O/c1-3-19(4-2)16(21)20-8-7-15-13(10-20)12-9-11(17)5-6-14(12)18-15/h5-6,9,18H,3-4,7-8,10H2,1-2H3. The molecule has 5 heteroatoms. The van der Waals surface area contributed by atoms with Crippen LogP contribution in [0.25, 0.3) is 10.9 Å². The minimum Gasteiger partial charge on any atom is -0.358 e. The number of amides is 2. The summed E-state index contributed by atoms with van der Waals surface area (Å²) in [6, 6.07) is 4.84. The molecule has 0 atom stereocenters. The Morgan fingerprint density at radius 3 is 2.86 bits per heavy atom. The van der Waals surface area contributed by atoms with Gasteiger partial charge in [0, 0.05) is 54.8 Å². The van der Waals surface area contributed by atoms with Gasteiger partial charge in [-0.1, -0.05) is 0 Å². The third-order valence-corrected chi connectivity index (χ3v) is 4.24. The maximum Gasteiger partial charge on any atom is 0.320 e. The SMILES string of the molecule is CCN(CC)C(=O)N1CCc2[nH]c3ccc(F)cc3c2C1. The van der Waals surface area contributed by atoms with E-state index in [9.17, 15) is 9.18 Å².